The number of benzene rings is 2. The van der Waals surface area contributed by atoms with E-state index in [2.05, 4.69) is 10.0 Å². The minimum absolute atomic E-state index is 0.136. The minimum atomic E-state index is -3.81. The van der Waals surface area contributed by atoms with Crippen molar-refractivity contribution in [2.45, 2.75) is 11.4 Å². The van der Waals surface area contributed by atoms with Crippen LogP contribution in [0, 0.1) is 10.1 Å². The standard InChI is InChI=1S/C18H24N4O5S/c1-21(2)11-10-20-28(25,26)16-8-9-17(18(12-16)22(23)24)19-13-14-4-6-15(27-3)7-5-14/h4-9,12,19-20H,10-11,13H2,1-3H3/p+1. The van der Waals surface area contributed by atoms with E-state index in [9.17, 15) is 18.5 Å². The Morgan fingerprint density at radius 3 is 2.39 bits per heavy atom. The van der Waals surface area contributed by atoms with Crippen molar-refractivity contribution in [2.24, 2.45) is 0 Å². The van der Waals surface area contributed by atoms with Gasteiger partial charge in [-0.15, -0.1) is 0 Å². The van der Waals surface area contributed by atoms with Crippen LogP contribution in [0.15, 0.2) is 47.4 Å². The van der Waals surface area contributed by atoms with E-state index >= 15 is 0 Å². The molecule has 0 saturated heterocycles. The Bertz CT molecular complexity index is 914. The lowest BCUT2D eigenvalue weighted by Crippen LogP contribution is -3.06. The Labute approximate surface area is 164 Å². The van der Waals surface area contributed by atoms with Crippen LogP contribution < -0.4 is 19.7 Å². The van der Waals surface area contributed by atoms with Crippen LogP contribution in [-0.4, -0.2) is 47.6 Å². The number of likely N-dealkylation sites (N-methyl/N-ethyl adjacent to an activating group) is 1. The number of anilines is 1. The Kier molecular flexibility index (Phi) is 7.32. The van der Waals surface area contributed by atoms with Gasteiger partial charge >= 0.3 is 0 Å². The van der Waals surface area contributed by atoms with Gasteiger partial charge in [-0.2, -0.15) is 0 Å². The predicted octanol–water partition coefficient (Wildman–Crippen LogP) is 0.638. The van der Waals surface area contributed by atoms with Crippen LogP contribution in [0.5, 0.6) is 5.75 Å². The number of nitro groups is 1. The van der Waals surface area contributed by atoms with Gasteiger partial charge in [-0.1, -0.05) is 12.1 Å². The summed E-state index contributed by atoms with van der Waals surface area (Å²) in [6.45, 7) is 1.19. The topological polar surface area (TPSA) is 115 Å². The van der Waals surface area contributed by atoms with Crippen LogP contribution in [-0.2, 0) is 16.6 Å². The van der Waals surface area contributed by atoms with Gasteiger partial charge in [0.2, 0.25) is 10.0 Å². The lowest BCUT2D eigenvalue weighted by atomic mass is 10.2. The fourth-order valence-electron chi connectivity index (χ4n) is 2.44. The summed E-state index contributed by atoms with van der Waals surface area (Å²) < 4.78 is 32.3. The SMILES string of the molecule is COc1ccc(CNc2ccc(S(=O)(=O)NCC[NH+](C)C)cc2[N+](=O)[O-])cc1. The van der Waals surface area contributed by atoms with E-state index in [-0.39, 0.29) is 22.8 Å². The highest BCUT2D eigenvalue weighted by Gasteiger charge is 2.21. The van der Waals surface area contributed by atoms with Gasteiger partial charge in [0.25, 0.3) is 5.69 Å². The van der Waals surface area contributed by atoms with Crippen molar-refractivity contribution in [2.75, 3.05) is 39.6 Å². The van der Waals surface area contributed by atoms with Gasteiger partial charge in [0.05, 0.1) is 44.1 Å². The highest BCUT2D eigenvalue weighted by Crippen LogP contribution is 2.28. The Morgan fingerprint density at radius 2 is 1.82 bits per heavy atom. The molecule has 0 aliphatic rings. The molecule has 3 N–H and O–H groups in total. The van der Waals surface area contributed by atoms with Crippen molar-refractivity contribution in [3.63, 3.8) is 0 Å². The molecule has 152 valence electrons. The fourth-order valence-corrected chi connectivity index (χ4v) is 3.49. The number of rotatable bonds is 10. The maximum atomic E-state index is 12.4. The van der Waals surface area contributed by atoms with Gasteiger partial charge in [0.1, 0.15) is 11.4 Å². The average molecular weight is 409 g/mol. The molecular formula is C18H25N4O5S+. The maximum absolute atomic E-state index is 12.4. The monoisotopic (exact) mass is 409 g/mol. The molecule has 0 radical (unpaired) electrons. The fraction of sp³-hybridized carbons (Fsp3) is 0.333. The Balaban J connectivity index is 2.16. The third kappa shape index (κ3) is 5.91. The van der Waals surface area contributed by atoms with Crippen molar-refractivity contribution in [3.05, 3.63) is 58.1 Å². The smallest absolute Gasteiger partial charge is 0.293 e. The van der Waals surface area contributed by atoms with E-state index < -0.39 is 14.9 Å². The van der Waals surface area contributed by atoms with Crippen LogP contribution in [0.4, 0.5) is 11.4 Å². The zero-order valence-electron chi connectivity index (χ0n) is 16.1. The number of hydrogen-bond donors (Lipinski definition) is 3. The summed E-state index contributed by atoms with van der Waals surface area (Å²) in [5.74, 6) is 0.715. The number of quaternary nitrogens is 1. The highest BCUT2D eigenvalue weighted by molar-refractivity contribution is 7.89. The molecule has 2 aromatic carbocycles. The van der Waals surface area contributed by atoms with Crippen molar-refractivity contribution < 1.29 is 23.0 Å². The van der Waals surface area contributed by atoms with Gasteiger partial charge in [-0.3, -0.25) is 10.1 Å². The lowest BCUT2D eigenvalue weighted by Gasteiger charge is -2.11. The van der Waals surface area contributed by atoms with Crippen molar-refractivity contribution in [1.82, 2.24) is 4.72 Å². The molecule has 0 aliphatic heterocycles. The summed E-state index contributed by atoms with van der Waals surface area (Å²) in [6.07, 6.45) is 0. The zero-order valence-corrected chi connectivity index (χ0v) is 16.9. The number of nitrogens with one attached hydrogen (secondary N) is 3. The molecule has 0 spiro atoms. The molecule has 0 amide bonds. The first-order valence-corrected chi connectivity index (χ1v) is 10.1. The van der Waals surface area contributed by atoms with E-state index in [4.69, 9.17) is 4.74 Å². The molecular weight excluding hydrogens is 384 g/mol. The first kappa shape index (κ1) is 21.6. The summed E-state index contributed by atoms with van der Waals surface area (Å²) in [7, 11) is 1.57. The molecule has 28 heavy (non-hydrogen) atoms. The van der Waals surface area contributed by atoms with E-state index in [0.717, 1.165) is 16.5 Å². The molecule has 0 heterocycles. The Morgan fingerprint density at radius 1 is 1.14 bits per heavy atom. The summed E-state index contributed by atoms with van der Waals surface area (Å²) in [5, 5.41) is 14.4. The second-order valence-corrected chi connectivity index (χ2v) is 8.26. The number of ether oxygens (including phenoxy) is 1. The largest absolute Gasteiger partial charge is 0.497 e. The number of nitro benzene ring substituents is 1. The van der Waals surface area contributed by atoms with Crippen molar-refractivity contribution >= 4 is 21.4 Å². The summed E-state index contributed by atoms with van der Waals surface area (Å²) in [4.78, 5) is 11.8. The molecule has 9 nitrogen and oxygen atoms in total. The molecule has 2 rings (SSSR count). The average Bonchev–Trinajstić information content (AvgIpc) is 2.66. The van der Waals surface area contributed by atoms with Crippen LogP contribution in [0.3, 0.4) is 0 Å². The summed E-state index contributed by atoms with van der Waals surface area (Å²) in [6, 6.07) is 11.1. The molecule has 0 atom stereocenters. The normalized spacial score (nSPS) is 11.4. The molecule has 10 heteroatoms. The van der Waals surface area contributed by atoms with E-state index in [1.165, 1.54) is 12.1 Å². The minimum Gasteiger partial charge on any atom is -0.497 e. The number of hydrogen-bond acceptors (Lipinski definition) is 6. The second-order valence-electron chi connectivity index (χ2n) is 6.49. The van der Waals surface area contributed by atoms with Gasteiger partial charge in [-0.05, 0) is 29.8 Å². The number of nitrogens with zero attached hydrogens (tertiary/aromatic N) is 1. The summed E-state index contributed by atoms with van der Waals surface area (Å²) in [5.41, 5.74) is 0.853. The first-order chi connectivity index (χ1) is 13.2. The van der Waals surface area contributed by atoms with Crippen molar-refractivity contribution in [3.8, 4) is 5.75 Å². The predicted molar refractivity (Wildman–Crippen MR) is 106 cm³/mol. The second kappa shape index (κ2) is 9.49. The number of methoxy groups -OCH3 is 1. The lowest BCUT2D eigenvalue weighted by molar-refractivity contribution is -0.856. The number of sulfonamides is 1. The van der Waals surface area contributed by atoms with E-state index in [0.29, 0.717) is 18.8 Å². The third-order valence-corrected chi connectivity index (χ3v) is 5.49. The first-order valence-electron chi connectivity index (χ1n) is 8.67. The van der Waals surface area contributed by atoms with Gasteiger partial charge in [0.15, 0.2) is 0 Å². The quantitative estimate of drug-likeness (QED) is 0.392. The third-order valence-electron chi connectivity index (χ3n) is 4.04. The molecule has 0 bridgehead atoms. The zero-order chi connectivity index (χ0) is 20.7. The maximum Gasteiger partial charge on any atom is 0.293 e. The Hall–Kier alpha value is -2.69. The molecule has 0 aromatic heterocycles. The van der Waals surface area contributed by atoms with Gasteiger partial charge in [0, 0.05) is 12.6 Å². The molecule has 2 aromatic rings. The van der Waals surface area contributed by atoms with Crippen LogP contribution in [0.25, 0.3) is 0 Å². The molecule has 0 aliphatic carbocycles. The van der Waals surface area contributed by atoms with Crippen molar-refractivity contribution in [1.29, 1.82) is 0 Å². The van der Waals surface area contributed by atoms with Crippen LogP contribution in [0.1, 0.15) is 5.56 Å². The molecule has 0 unspecified atom stereocenters. The van der Waals surface area contributed by atoms with E-state index in [1.807, 2.05) is 26.2 Å². The van der Waals surface area contributed by atoms with Crippen LogP contribution in [0.2, 0.25) is 0 Å². The van der Waals surface area contributed by atoms with Gasteiger partial charge in [-0.25, -0.2) is 13.1 Å². The summed E-state index contributed by atoms with van der Waals surface area (Å²) >= 11 is 0. The van der Waals surface area contributed by atoms with Gasteiger partial charge < -0.3 is 15.0 Å². The molecule has 0 fully saturated rings. The molecule has 0 saturated carbocycles. The van der Waals surface area contributed by atoms with E-state index in [1.54, 1.807) is 19.2 Å². The highest BCUT2D eigenvalue weighted by atomic mass is 32.2. The van der Waals surface area contributed by atoms with Crippen LogP contribution >= 0.6 is 0 Å².